The number of pyridine rings is 2. The molecule has 10 heteroatoms. The number of fused-ring (bicyclic) bond motifs is 1. The topological polar surface area (TPSA) is 134 Å². The van der Waals surface area contributed by atoms with Gasteiger partial charge in [-0.25, -0.2) is 15.0 Å². The second kappa shape index (κ2) is 9.60. The van der Waals surface area contributed by atoms with Gasteiger partial charge in [-0.3, -0.25) is 0 Å². The highest BCUT2D eigenvalue weighted by molar-refractivity contribution is 6.04. The molecule has 2 fully saturated rings. The molecule has 0 bridgehead atoms. The quantitative estimate of drug-likeness (QED) is 0.280. The Morgan fingerprint density at radius 3 is 2.58 bits per heavy atom. The summed E-state index contributed by atoms with van der Waals surface area (Å²) in [6, 6.07) is 5.87. The van der Waals surface area contributed by atoms with Crippen LogP contribution in [0.3, 0.4) is 0 Å². The van der Waals surface area contributed by atoms with Gasteiger partial charge in [0.25, 0.3) is 0 Å². The number of rotatable bonds is 7. The first-order valence-electron chi connectivity index (χ1n) is 13.0. The van der Waals surface area contributed by atoms with Crippen LogP contribution in [0, 0.1) is 13.8 Å². The van der Waals surface area contributed by atoms with Crippen molar-refractivity contribution >= 4 is 34.0 Å². The van der Waals surface area contributed by atoms with Gasteiger partial charge in [-0.15, -0.1) is 0 Å². The van der Waals surface area contributed by atoms with Gasteiger partial charge in [-0.1, -0.05) is 6.07 Å². The first-order chi connectivity index (χ1) is 18.4. The number of nitrogens with one attached hydrogen (secondary N) is 2. The van der Waals surface area contributed by atoms with Crippen molar-refractivity contribution in [3.63, 3.8) is 0 Å². The van der Waals surface area contributed by atoms with Crippen LogP contribution in [0.2, 0.25) is 0 Å². The van der Waals surface area contributed by atoms with Crippen LogP contribution in [-0.4, -0.2) is 51.2 Å². The van der Waals surface area contributed by atoms with Crippen LogP contribution in [0.4, 0.5) is 23.3 Å². The van der Waals surface area contributed by atoms with Crippen molar-refractivity contribution in [2.45, 2.75) is 45.1 Å². The maximum Gasteiger partial charge on any atom is 0.232 e. The Hall–Kier alpha value is -4.18. The fraction of sp³-hybridized carbons (Fsp3) is 0.357. The molecule has 1 aliphatic heterocycles. The number of phenolic OH excluding ortho intramolecular Hbond substituents is 1. The lowest BCUT2D eigenvalue weighted by Crippen LogP contribution is -2.29. The van der Waals surface area contributed by atoms with E-state index in [1.54, 1.807) is 12.3 Å². The van der Waals surface area contributed by atoms with Crippen LogP contribution in [0.15, 0.2) is 36.8 Å². The summed E-state index contributed by atoms with van der Waals surface area (Å²) < 4.78 is 6.43. The number of aryl methyl sites for hydroxylation is 1. The molecule has 1 aromatic carbocycles. The second-order valence-electron chi connectivity index (χ2n) is 10.2. The Labute approximate surface area is 221 Å². The van der Waals surface area contributed by atoms with E-state index in [-0.39, 0.29) is 5.75 Å². The van der Waals surface area contributed by atoms with E-state index < -0.39 is 0 Å². The highest BCUT2D eigenvalue weighted by Gasteiger charge is 2.26. The van der Waals surface area contributed by atoms with E-state index >= 15 is 0 Å². The number of likely N-dealkylation sites (N-methyl/N-ethyl adjacent to an activating group) is 1. The summed E-state index contributed by atoms with van der Waals surface area (Å²) in [6.45, 7) is 5.44. The summed E-state index contributed by atoms with van der Waals surface area (Å²) >= 11 is 0. The summed E-state index contributed by atoms with van der Waals surface area (Å²) in [5.74, 6) is 3.18. The number of nitrogen functional groups attached to an aromatic ring is 1. The Balaban J connectivity index is 1.47. The Morgan fingerprint density at radius 2 is 1.87 bits per heavy atom. The van der Waals surface area contributed by atoms with Crippen LogP contribution < -0.4 is 26.0 Å². The smallest absolute Gasteiger partial charge is 0.232 e. The normalized spacial score (nSPS) is 17.2. The number of phenols is 1. The van der Waals surface area contributed by atoms with E-state index in [1.165, 1.54) is 18.4 Å². The standard InChI is InChI=1S/C28H32N8O2/c1-15-4-7-22(37)16(2)25(15)38-27-24-20(10-23(35-27)36-9-8-19(14-36)30-3)21(13-31-26(24)29)34-28-32-11-18(12-33-28)17-5-6-17/h4,7,10-13,17,19,30,37H,5-6,8-9,14H2,1-3H3,(H2,29,31)(H,32,33,34)/t19-/m1/s1. The number of benzene rings is 1. The summed E-state index contributed by atoms with van der Waals surface area (Å²) in [5, 5.41) is 18.4. The van der Waals surface area contributed by atoms with Crippen molar-refractivity contribution in [2.24, 2.45) is 0 Å². The van der Waals surface area contributed by atoms with Crippen molar-refractivity contribution < 1.29 is 9.84 Å². The van der Waals surface area contributed by atoms with Crippen LogP contribution in [0.1, 0.15) is 41.9 Å². The number of hydrogen-bond donors (Lipinski definition) is 4. The molecule has 38 heavy (non-hydrogen) atoms. The lowest BCUT2D eigenvalue weighted by Gasteiger charge is -2.21. The molecule has 0 radical (unpaired) electrons. The van der Waals surface area contributed by atoms with Gasteiger partial charge >= 0.3 is 0 Å². The minimum atomic E-state index is 0.155. The van der Waals surface area contributed by atoms with E-state index in [4.69, 9.17) is 15.5 Å². The van der Waals surface area contributed by atoms with Gasteiger partial charge in [0.05, 0.1) is 17.3 Å². The van der Waals surface area contributed by atoms with Gasteiger partial charge in [0.2, 0.25) is 11.8 Å². The van der Waals surface area contributed by atoms with Gasteiger partial charge in [0.1, 0.15) is 23.1 Å². The molecular weight excluding hydrogens is 480 g/mol. The molecule has 1 aliphatic carbocycles. The average Bonchev–Trinajstić information content (AvgIpc) is 3.66. The Morgan fingerprint density at radius 1 is 1.08 bits per heavy atom. The number of aromatic nitrogens is 4. The minimum absolute atomic E-state index is 0.155. The third-order valence-electron chi connectivity index (χ3n) is 7.51. The number of nitrogens with two attached hydrogens (primary N) is 1. The molecule has 4 aromatic rings. The maximum atomic E-state index is 10.3. The van der Waals surface area contributed by atoms with Gasteiger partial charge < -0.3 is 31.1 Å². The van der Waals surface area contributed by atoms with E-state index in [2.05, 4.69) is 30.5 Å². The van der Waals surface area contributed by atoms with E-state index in [0.717, 1.165) is 36.3 Å². The summed E-state index contributed by atoms with van der Waals surface area (Å²) in [7, 11) is 1.98. The third kappa shape index (κ3) is 4.51. The maximum absolute atomic E-state index is 10.3. The molecule has 1 saturated heterocycles. The molecule has 1 atom stereocenters. The summed E-state index contributed by atoms with van der Waals surface area (Å²) in [5.41, 5.74) is 9.80. The second-order valence-corrected chi connectivity index (χ2v) is 10.2. The number of nitrogens with zero attached hydrogens (tertiary/aromatic N) is 5. The fourth-order valence-corrected chi connectivity index (χ4v) is 5.00. The van der Waals surface area contributed by atoms with E-state index in [0.29, 0.717) is 52.0 Å². The van der Waals surface area contributed by atoms with Gasteiger partial charge in [-0.05, 0) is 69.3 Å². The summed E-state index contributed by atoms with van der Waals surface area (Å²) in [4.78, 5) is 20.7. The zero-order valence-electron chi connectivity index (χ0n) is 21.8. The molecule has 3 aromatic heterocycles. The molecule has 4 heterocycles. The number of aromatic hydroxyl groups is 1. The number of anilines is 4. The van der Waals surface area contributed by atoms with Crippen LogP contribution in [0.5, 0.6) is 17.4 Å². The average molecular weight is 513 g/mol. The van der Waals surface area contributed by atoms with Crippen LogP contribution in [-0.2, 0) is 0 Å². The minimum Gasteiger partial charge on any atom is -0.508 e. The molecule has 10 nitrogen and oxygen atoms in total. The van der Waals surface area contributed by atoms with Gasteiger partial charge in [-0.2, -0.15) is 4.98 Å². The first kappa shape index (κ1) is 24.2. The predicted octanol–water partition coefficient (Wildman–Crippen LogP) is 4.54. The van der Waals surface area contributed by atoms with E-state index in [1.807, 2.05) is 45.4 Å². The molecule has 0 unspecified atom stereocenters. The fourth-order valence-electron chi connectivity index (χ4n) is 5.00. The van der Waals surface area contributed by atoms with Crippen molar-refractivity contribution in [3.8, 4) is 17.4 Å². The molecular formula is C28H32N8O2. The van der Waals surface area contributed by atoms with E-state index in [9.17, 15) is 5.11 Å². The molecule has 196 valence electrons. The SMILES string of the molecule is CN[C@@H]1CCN(c2cc3c(Nc4ncc(C5CC5)cn4)cnc(N)c3c(Oc3c(C)ccc(O)c3C)n2)C1. The molecule has 2 aliphatic rings. The van der Waals surface area contributed by atoms with Crippen LogP contribution in [0.25, 0.3) is 10.8 Å². The molecule has 6 rings (SSSR count). The number of ether oxygens (including phenoxy) is 1. The van der Waals surface area contributed by atoms with Crippen molar-refractivity contribution in [3.05, 3.63) is 53.5 Å². The van der Waals surface area contributed by atoms with Crippen molar-refractivity contribution in [2.75, 3.05) is 36.1 Å². The largest absolute Gasteiger partial charge is 0.508 e. The van der Waals surface area contributed by atoms with Crippen LogP contribution >= 0.6 is 0 Å². The Bertz CT molecular complexity index is 1500. The zero-order chi connectivity index (χ0) is 26.4. The predicted molar refractivity (Wildman–Crippen MR) is 149 cm³/mol. The van der Waals surface area contributed by atoms with Crippen molar-refractivity contribution in [1.82, 2.24) is 25.3 Å². The van der Waals surface area contributed by atoms with Crippen molar-refractivity contribution in [1.29, 1.82) is 0 Å². The van der Waals surface area contributed by atoms with Gasteiger partial charge in [0, 0.05) is 42.5 Å². The highest BCUT2D eigenvalue weighted by Crippen LogP contribution is 2.42. The molecule has 1 saturated carbocycles. The summed E-state index contributed by atoms with van der Waals surface area (Å²) in [6.07, 6.45) is 8.87. The lowest BCUT2D eigenvalue weighted by atomic mass is 10.1. The molecule has 0 amide bonds. The molecule has 5 N–H and O–H groups in total. The number of hydrogen-bond acceptors (Lipinski definition) is 10. The highest BCUT2D eigenvalue weighted by atomic mass is 16.5. The molecule has 0 spiro atoms. The monoisotopic (exact) mass is 512 g/mol. The third-order valence-corrected chi connectivity index (χ3v) is 7.51. The Kier molecular flexibility index (Phi) is 6.11. The lowest BCUT2D eigenvalue weighted by molar-refractivity contribution is 0.440. The first-order valence-corrected chi connectivity index (χ1v) is 13.0. The van der Waals surface area contributed by atoms with Gasteiger partial charge in [0.15, 0.2) is 0 Å². The zero-order valence-corrected chi connectivity index (χ0v) is 21.8.